The van der Waals surface area contributed by atoms with Gasteiger partial charge in [-0.2, -0.15) is 13.2 Å². The van der Waals surface area contributed by atoms with Crippen LogP contribution in [0.2, 0.25) is 0 Å². The second-order valence-corrected chi connectivity index (χ2v) is 10.2. The zero-order valence-electron chi connectivity index (χ0n) is 20.7. The molecular formula is C26H22F3N5O4S. The van der Waals surface area contributed by atoms with Crippen LogP contribution in [-0.4, -0.2) is 56.6 Å². The molecule has 0 saturated carbocycles. The number of hydrogen-bond donors (Lipinski definition) is 2. The first-order chi connectivity index (χ1) is 18.4. The van der Waals surface area contributed by atoms with Crippen molar-refractivity contribution in [1.82, 2.24) is 19.4 Å². The third kappa shape index (κ3) is 5.14. The topological polar surface area (TPSA) is 117 Å². The van der Waals surface area contributed by atoms with Crippen molar-refractivity contribution in [2.75, 3.05) is 25.5 Å². The summed E-state index contributed by atoms with van der Waals surface area (Å²) in [5, 5.41) is 13.3. The Balaban J connectivity index is 1.71. The van der Waals surface area contributed by atoms with Crippen molar-refractivity contribution < 1.29 is 27.9 Å². The lowest BCUT2D eigenvalue weighted by Crippen LogP contribution is -2.22. The second kappa shape index (κ2) is 9.89. The second-order valence-electron chi connectivity index (χ2n) is 9.35. The summed E-state index contributed by atoms with van der Waals surface area (Å²) < 4.78 is 41.7. The van der Waals surface area contributed by atoms with Crippen molar-refractivity contribution in [3.8, 4) is 21.7 Å². The number of aromatic nitrogens is 3. The summed E-state index contributed by atoms with van der Waals surface area (Å²) in [6.07, 6.45) is -1.11. The van der Waals surface area contributed by atoms with Crippen LogP contribution in [0.5, 0.6) is 0 Å². The van der Waals surface area contributed by atoms with Gasteiger partial charge in [0, 0.05) is 53.8 Å². The summed E-state index contributed by atoms with van der Waals surface area (Å²) in [7, 11) is 1.96. The molecule has 202 valence electrons. The van der Waals surface area contributed by atoms with Crippen molar-refractivity contribution in [3.05, 3.63) is 63.5 Å². The molecule has 0 spiro atoms. The number of carbonyl (C=O) groups excluding carboxylic acids is 1. The van der Waals surface area contributed by atoms with Gasteiger partial charge in [0.05, 0.1) is 5.52 Å². The lowest BCUT2D eigenvalue weighted by atomic mass is 9.99. The number of benzene rings is 1. The molecule has 9 nitrogen and oxygen atoms in total. The fraction of sp³-hybridized carbons (Fsp3) is 0.269. The SMILES string of the molecule is CC(=O)Nc1cc(-c2nc(C(F)(F)F)cs2)c(-c2ccc3c(c2)c(=O)c(C(=O)O)cn3[C@@H]2CCN(C)C2)cn1. The third-order valence-electron chi connectivity index (χ3n) is 6.57. The van der Waals surface area contributed by atoms with Gasteiger partial charge >= 0.3 is 12.1 Å². The summed E-state index contributed by atoms with van der Waals surface area (Å²) >= 11 is 0.779. The van der Waals surface area contributed by atoms with Crippen molar-refractivity contribution >= 4 is 39.9 Å². The number of rotatable bonds is 5. The molecule has 0 unspecified atom stereocenters. The van der Waals surface area contributed by atoms with E-state index in [1.165, 1.54) is 31.5 Å². The van der Waals surface area contributed by atoms with Gasteiger partial charge in [-0.25, -0.2) is 14.8 Å². The average Bonchev–Trinajstić information content (AvgIpc) is 3.53. The predicted molar refractivity (Wildman–Crippen MR) is 140 cm³/mol. The molecule has 1 saturated heterocycles. The van der Waals surface area contributed by atoms with Crippen LogP contribution in [0, 0.1) is 0 Å². The van der Waals surface area contributed by atoms with Gasteiger partial charge in [0.15, 0.2) is 5.69 Å². The van der Waals surface area contributed by atoms with Gasteiger partial charge < -0.3 is 19.9 Å². The first-order valence-corrected chi connectivity index (χ1v) is 12.7. The third-order valence-corrected chi connectivity index (χ3v) is 7.44. The summed E-state index contributed by atoms with van der Waals surface area (Å²) in [5.41, 5.74) is -0.490. The number of likely N-dealkylation sites (tertiary alicyclic amines) is 1. The Bertz CT molecular complexity index is 1680. The fourth-order valence-corrected chi connectivity index (χ4v) is 5.61. The molecule has 1 amide bonds. The van der Waals surface area contributed by atoms with Gasteiger partial charge in [0.1, 0.15) is 16.4 Å². The summed E-state index contributed by atoms with van der Waals surface area (Å²) in [5.74, 6) is -1.65. The van der Waals surface area contributed by atoms with Crippen LogP contribution in [0.3, 0.4) is 0 Å². The highest BCUT2D eigenvalue weighted by molar-refractivity contribution is 7.13. The fourth-order valence-electron chi connectivity index (χ4n) is 4.75. The molecule has 0 aliphatic carbocycles. The number of alkyl halides is 3. The Hall–Kier alpha value is -4.10. The number of nitrogens with one attached hydrogen (secondary N) is 1. The lowest BCUT2D eigenvalue weighted by molar-refractivity contribution is -0.140. The van der Waals surface area contributed by atoms with Crippen molar-refractivity contribution in [2.24, 2.45) is 0 Å². The molecule has 0 radical (unpaired) electrons. The minimum atomic E-state index is -4.64. The summed E-state index contributed by atoms with van der Waals surface area (Å²) in [6, 6.07) is 6.31. The zero-order chi connectivity index (χ0) is 28.1. The van der Waals surface area contributed by atoms with E-state index in [4.69, 9.17) is 0 Å². The molecule has 1 aliphatic rings. The van der Waals surface area contributed by atoms with Crippen LogP contribution < -0.4 is 10.7 Å². The minimum absolute atomic E-state index is 0.0349. The number of halogens is 3. The Labute approximate surface area is 223 Å². The number of thiazole rings is 1. The molecule has 4 heterocycles. The Morgan fingerprint density at radius 2 is 1.97 bits per heavy atom. The van der Waals surface area contributed by atoms with Crippen LogP contribution in [0.4, 0.5) is 19.0 Å². The maximum atomic E-state index is 13.3. The van der Waals surface area contributed by atoms with E-state index in [9.17, 15) is 32.7 Å². The Morgan fingerprint density at radius 3 is 2.59 bits per heavy atom. The van der Waals surface area contributed by atoms with E-state index in [2.05, 4.69) is 20.2 Å². The number of carboxylic acid groups (broad SMARTS) is 1. The number of likely N-dealkylation sites (N-methyl/N-ethyl adjacent to an activating group) is 1. The van der Waals surface area contributed by atoms with Crippen LogP contribution >= 0.6 is 11.3 Å². The summed E-state index contributed by atoms with van der Waals surface area (Å²) in [6.45, 7) is 2.78. The highest BCUT2D eigenvalue weighted by Crippen LogP contribution is 2.39. The molecule has 2 N–H and O–H groups in total. The number of amides is 1. The van der Waals surface area contributed by atoms with Crippen LogP contribution in [0.25, 0.3) is 32.6 Å². The van der Waals surface area contributed by atoms with Crippen LogP contribution in [-0.2, 0) is 11.0 Å². The first-order valence-electron chi connectivity index (χ1n) is 11.8. The molecule has 1 aromatic carbocycles. The normalized spacial score (nSPS) is 16.1. The van der Waals surface area contributed by atoms with Crippen molar-refractivity contribution in [1.29, 1.82) is 0 Å². The molecule has 39 heavy (non-hydrogen) atoms. The first kappa shape index (κ1) is 26.5. The van der Waals surface area contributed by atoms with E-state index in [1.807, 2.05) is 11.6 Å². The van der Waals surface area contributed by atoms with E-state index in [1.54, 1.807) is 12.1 Å². The Morgan fingerprint density at radius 1 is 1.21 bits per heavy atom. The van der Waals surface area contributed by atoms with E-state index in [0.717, 1.165) is 29.7 Å². The van der Waals surface area contributed by atoms with Gasteiger partial charge in [-0.1, -0.05) is 6.07 Å². The molecule has 1 atom stereocenters. The molecule has 1 aliphatic heterocycles. The quantitative estimate of drug-likeness (QED) is 0.364. The monoisotopic (exact) mass is 557 g/mol. The summed E-state index contributed by atoms with van der Waals surface area (Å²) in [4.78, 5) is 46.8. The number of fused-ring (bicyclic) bond motifs is 1. The number of nitrogens with zero attached hydrogens (tertiary/aromatic N) is 4. The highest BCUT2D eigenvalue weighted by atomic mass is 32.1. The number of carbonyl (C=O) groups is 2. The number of anilines is 1. The molecule has 5 rings (SSSR count). The number of carboxylic acids is 1. The molecular weight excluding hydrogens is 535 g/mol. The van der Waals surface area contributed by atoms with E-state index in [-0.39, 0.29) is 33.4 Å². The van der Waals surface area contributed by atoms with Gasteiger partial charge in [0.2, 0.25) is 11.3 Å². The maximum absolute atomic E-state index is 13.3. The Kier molecular flexibility index (Phi) is 6.72. The average molecular weight is 558 g/mol. The smallest absolute Gasteiger partial charge is 0.434 e. The number of pyridine rings is 2. The molecule has 4 aromatic rings. The predicted octanol–water partition coefficient (Wildman–Crippen LogP) is 4.74. The van der Waals surface area contributed by atoms with Crippen molar-refractivity contribution in [3.63, 3.8) is 0 Å². The van der Waals surface area contributed by atoms with Gasteiger partial charge in [-0.3, -0.25) is 9.59 Å². The van der Waals surface area contributed by atoms with Gasteiger partial charge in [-0.05, 0) is 43.8 Å². The van der Waals surface area contributed by atoms with E-state index in [0.29, 0.717) is 23.2 Å². The van der Waals surface area contributed by atoms with E-state index < -0.39 is 29.2 Å². The molecule has 1 fully saturated rings. The maximum Gasteiger partial charge on any atom is 0.434 e. The largest absolute Gasteiger partial charge is 0.477 e. The molecule has 13 heteroatoms. The minimum Gasteiger partial charge on any atom is -0.477 e. The molecule has 0 bridgehead atoms. The number of hydrogen-bond acceptors (Lipinski definition) is 7. The van der Waals surface area contributed by atoms with E-state index >= 15 is 0 Å². The van der Waals surface area contributed by atoms with Gasteiger partial charge in [-0.15, -0.1) is 11.3 Å². The van der Waals surface area contributed by atoms with Crippen LogP contribution in [0.1, 0.15) is 35.4 Å². The zero-order valence-corrected chi connectivity index (χ0v) is 21.6. The van der Waals surface area contributed by atoms with Crippen LogP contribution in [0.15, 0.2) is 46.8 Å². The van der Waals surface area contributed by atoms with Crippen molar-refractivity contribution in [2.45, 2.75) is 25.6 Å². The molecule has 3 aromatic heterocycles. The highest BCUT2D eigenvalue weighted by Gasteiger charge is 2.34. The number of aromatic carboxylic acids is 1. The standard InChI is InChI=1S/C26H22F3N5O4S/c1-13(35)31-22-8-16(24-32-21(12-39-24)26(27,28)29)18(9-30-22)14-3-4-20-17(7-14)23(36)19(25(37)38)11-34(20)15-5-6-33(2)10-15/h3-4,7-9,11-12,15H,5-6,10H2,1-2H3,(H,37,38)(H,30,31,35)/t15-/m1/s1. The van der Waals surface area contributed by atoms with Gasteiger partial charge in [0.25, 0.3) is 0 Å². The lowest BCUT2D eigenvalue weighted by Gasteiger charge is -2.20.